The largest absolute Gasteiger partial charge is 0.456 e. The van der Waals surface area contributed by atoms with Gasteiger partial charge in [-0.2, -0.15) is 0 Å². The molecule has 0 radical (unpaired) electrons. The molecule has 106 valence electrons. The molecule has 2 aromatic rings. The van der Waals surface area contributed by atoms with Crippen LogP contribution >= 0.6 is 0 Å². The highest BCUT2D eigenvalue weighted by atomic mass is 16.5. The van der Waals surface area contributed by atoms with Crippen molar-refractivity contribution in [2.75, 3.05) is 0 Å². The Morgan fingerprint density at radius 3 is 2.25 bits per heavy atom. The van der Waals surface area contributed by atoms with E-state index in [0.717, 1.165) is 17.2 Å². The number of aryl methyl sites for hydroxylation is 1. The van der Waals surface area contributed by atoms with Crippen molar-refractivity contribution in [2.24, 2.45) is 5.73 Å². The molecule has 0 unspecified atom stereocenters. The van der Waals surface area contributed by atoms with Gasteiger partial charge in [0.15, 0.2) is 0 Å². The highest BCUT2D eigenvalue weighted by Gasteiger charge is 2.06. The Balaban J connectivity index is 2.15. The third-order valence-corrected chi connectivity index (χ3v) is 3.32. The second kappa shape index (κ2) is 6.06. The van der Waals surface area contributed by atoms with E-state index in [-0.39, 0.29) is 6.04 Å². The van der Waals surface area contributed by atoms with Gasteiger partial charge in [0, 0.05) is 6.04 Å². The molecule has 0 spiro atoms. The van der Waals surface area contributed by atoms with E-state index in [1.165, 1.54) is 11.1 Å². The first kappa shape index (κ1) is 14.5. The summed E-state index contributed by atoms with van der Waals surface area (Å²) in [6, 6.07) is 9.93. The molecule has 0 amide bonds. The van der Waals surface area contributed by atoms with Gasteiger partial charge in [0.05, 0.1) is 11.9 Å². The molecule has 2 N–H and O–H groups in total. The van der Waals surface area contributed by atoms with E-state index in [9.17, 15) is 0 Å². The van der Waals surface area contributed by atoms with E-state index in [2.05, 4.69) is 37.9 Å². The lowest BCUT2D eigenvalue weighted by Crippen LogP contribution is -2.06. The summed E-state index contributed by atoms with van der Waals surface area (Å²) in [5.41, 5.74) is 9.24. The van der Waals surface area contributed by atoms with Gasteiger partial charge in [0.1, 0.15) is 11.5 Å². The van der Waals surface area contributed by atoms with Gasteiger partial charge in [0.2, 0.25) is 0 Å². The average Bonchev–Trinajstić information content (AvgIpc) is 2.39. The average molecular weight is 270 g/mol. The van der Waals surface area contributed by atoms with Crippen LogP contribution in [0.25, 0.3) is 0 Å². The molecule has 20 heavy (non-hydrogen) atoms. The van der Waals surface area contributed by atoms with Crippen LogP contribution in [0.5, 0.6) is 11.5 Å². The zero-order chi connectivity index (χ0) is 14.7. The lowest BCUT2D eigenvalue weighted by molar-refractivity contribution is 0.478. The molecule has 0 aliphatic carbocycles. The molecule has 2 rings (SSSR count). The van der Waals surface area contributed by atoms with Crippen molar-refractivity contribution in [1.29, 1.82) is 0 Å². The van der Waals surface area contributed by atoms with Crippen LogP contribution in [-0.4, -0.2) is 4.98 Å². The molecule has 0 bridgehead atoms. The maximum absolute atomic E-state index is 5.83. The molecule has 0 saturated heterocycles. The SMILES string of the molecule is Cc1cc(Oc2ccc([C@@H](C)N)nc2)ccc1C(C)C. The van der Waals surface area contributed by atoms with Crippen molar-refractivity contribution < 1.29 is 4.74 Å². The van der Waals surface area contributed by atoms with Crippen LogP contribution in [0, 0.1) is 6.92 Å². The van der Waals surface area contributed by atoms with Gasteiger partial charge in [-0.3, -0.25) is 4.98 Å². The zero-order valence-corrected chi connectivity index (χ0v) is 12.6. The molecule has 1 atom stereocenters. The molecule has 0 aliphatic rings. The topological polar surface area (TPSA) is 48.1 Å². The monoisotopic (exact) mass is 270 g/mol. The normalized spacial score (nSPS) is 12.5. The van der Waals surface area contributed by atoms with Crippen molar-refractivity contribution >= 4 is 0 Å². The van der Waals surface area contributed by atoms with Crippen LogP contribution in [0.2, 0.25) is 0 Å². The van der Waals surface area contributed by atoms with Gasteiger partial charge in [-0.05, 0) is 55.2 Å². The molecule has 1 heterocycles. The predicted octanol–water partition coefficient (Wildman–Crippen LogP) is 4.33. The molecule has 1 aromatic carbocycles. The Labute approximate surface area is 120 Å². The summed E-state index contributed by atoms with van der Waals surface area (Å²) < 4.78 is 5.83. The third-order valence-electron chi connectivity index (χ3n) is 3.32. The van der Waals surface area contributed by atoms with Crippen molar-refractivity contribution in [2.45, 2.75) is 39.7 Å². The Bertz CT molecular complexity index is 574. The molecular formula is C17H22N2O. The lowest BCUT2D eigenvalue weighted by atomic mass is 9.98. The van der Waals surface area contributed by atoms with Crippen LogP contribution in [0.3, 0.4) is 0 Å². The van der Waals surface area contributed by atoms with Crippen LogP contribution in [0.4, 0.5) is 0 Å². The molecule has 0 fully saturated rings. The summed E-state index contributed by atoms with van der Waals surface area (Å²) in [5, 5.41) is 0. The van der Waals surface area contributed by atoms with E-state index < -0.39 is 0 Å². The number of hydrogen-bond donors (Lipinski definition) is 1. The fourth-order valence-corrected chi connectivity index (χ4v) is 2.22. The maximum Gasteiger partial charge on any atom is 0.145 e. The fourth-order valence-electron chi connectivity index (χ4n) is 2.22. The minimum Gasteiger partial charge on any atom is -0.456 e. The van der Waals surface area contributed by atoms with Crippen LogP contribution in [0.1, 0.15) is 49.6 Å². The third kappa shape index (κ3) is 3.36. The standard InChI is InChI=1S/C17H22N2O/c1-11(2)16-7-5-14(9-12(16)3)20-15-6-8-17(13(4)18)19-10-15/h5-11,13H,18H2,1-4H3/t13-/m1/s1. The van der Waals surface area contributed by atoms with Crippen LogP contribution < -0.4 is 10.5 Å². The minimum atomic E-state index is -0.0587. The number of nitrogens with zero attached hydrogens (tertiary/aromatic N) is 1. The smallest absolute Gasteiger partial charge is 0.145 e. The number of aromatic nitrogens is 1. The summed E-state index contributed by atoms with van der Waals surface area (Å²) in [7, 11) is 0. The number of pyridine rings is 1. The van der Waals surface area contributed by atoms with E-state index in [1.807, 2.05) is 25.1 Å². The molecule has 0 aliphatic heterocycles. The number of nitrogens with two attached hydrogens (primary N) is 1. The number of ether oxygens (including phenoxy) is 1. The van der Waals surface area contributed by atoms with E-state index in [0.29, 0.717) is 5.92 Å². The number of benzene rings is 1. The van der Waals surface area contributed by atoms with Gasteiger partial charge in [-0.25, -0.2) is 0 Å². The summed E-state index contributed by atoms with van der Waals surface area (Å²) in [4.78, 5) is 4.29. The van der Waals surface area contributed by atoms with E-state index in [1.54, 1.807) is 6.20 Å². The summed E-state index contributed by atoms with van der Waals surface area (Å²) >= 11 is 0. The van der Waals surface area contributed by atoms with Crippen LogP contribution in [-0.2, 0) is 0 Å². The van der Waals surface area contributed by atoms with Crippen LogP contribution in [0.15, 0.2) is 36.5 Å². The second-order valence-corrected chi connectivity index (χ2v) is 5.48. The first-order valence-electron chi connectivity index (χ1n) is 6.97. The highest BCUT2D eigenvalue weighted by Crippen LogP contribution is 2.27. The Kier molecular flexibility index (Phi) is 4.40. The van der Waals surface area contributed by atoms with Crippen molar-refractivity contribution in [3.8, 4) is 11.5 Å². The summed E-state index contributed by atoms with van der Waals surface area (Å²) in [6.07, 6.45) is 1.71. The Hall–Kier alpha value is -1.87. The summed E-state index contributed by atoms with van der Waals surface area (Å²) in [5.74, 6) is 2.09. The minimum absolute atomic E-state index is 0.0587. The Morgan fingerprint density at radius 1 is 1.05 bits per heavy atom. The zero-order valence-electron chi connectivity index (χ0n) is 12.6. The first-order chi connectivity index (χ1) is 9.47. The second-order valence-electron chi connectivity index (χ2n) is 5.48. The molecule has 0 saturated carbocycles. The van der Waals surface area contributed by atoms with Gasteiger partial charge in [0.25, 0.3) is 0 Å². The highest BCUT2D eigenvalue weighted by molar-refractivity contribution is 5.38. The van der Waals surface area contributed by atoms with E-state index in [4.69, 9.17) is 10.5 Å². The van der Waals surface area contributed by atoms with Gasteiger partial charge in [-0.1, -0.05) is 19.9 Å². The molecule has 1 aromatic heterocycles. The first-order valence-corrected chi connectivity index (χ1v) is 6.97. The lowest BCUT2D eigenvalue weighted by Gasteiger charge is -2.12. The molecule has 3 nitrogen and oxygen atoms in total. The van der Waals surface area contributed by atoms with Crippen molar-refractivity contribution in [3.05, 3.63) is 53.3 Å². The Morgan fingerprint density at radius 2 is 1.75 bits per heavy atom. The quantitative estimate of drug-likeness (QED) is 0.899. The van der Waals surface area contributed by atoms with Gasteiger partial charge >= 0.3 is 0 Å². The predicted molar refractivity (Wildman–Crippen MR) is 82.2 cm³/mol. The van der Waals surface area contributed by atoms with Crippen molar-refractivity contribution in [1.82, 2.24) is 4.98 Å². The summed E-state index contributed by atoms with van der Waals surface area (Å²) in [6.45, 7) is 8.41. The fraction of sp³-hybridized carbons (Fsp3) is 0.353. The van der Waals surface area contributed by atoms with Crippen molar-refractivity contribution in [3.63, 3.8) is 0 Å². The van der Waals surface area contributed by atoms with Gasteiger partial charge in [-0.15, -0.1) is 0 Å². The van der Waals surface area contributed by atoms with E-state index >= 15 is 0 Å². The van der Waals surface area contributed by atoms with Gasteiger partial charge < -0.3 is 10.5 Å². The molecule has 3 heteroatoms. The number of rotatable bonds is 4. The molecular weight excluding hydrogens is 248 g/mol. The maximum atomic E-state index is 5.83. The number of hydrogen-bond acceptors (Lipinski definition) is 3.